The molecule has 0 amide bonds. The number of aromatic nitrogens is 4. The number of hydrogen-bond donors (Lipinski definition) is 1. The predicted molar refractivity (Wildman–Crippen MR) is 120 cm³/mol. The smallest absolute Gasteiger partial charge is 0.132 e. The Labute approximate surface area is 183 Å². The van der Waals surface area contributed by atoms with E-state index in [4.69, 9.17) is 14.2 Å². The summed E-state index contributed by atoms with van der Waals surface area (Å²) in [6, 6.07) is 1.99. The zero-order chi connectivity index (χ0) is 21.8. The number of morpholine rings is 1. The monoisotopic (exact) mass is 425 g/mol. The molecule has 2 aliphatic rings. The first-order chi connectivity index (χ1) is 15.0. The molecule has 2 aromatic rings. The maximum Gasteiger partial charge on any atom is 0.132 e. The Morgan fingerprint density at radius 1 is 1.23 bits per heavy atom. The summed E-state index contributed by atoms with van der Waals surface area (Å²) in [5, 5.41) is 7.61. The van der Waals surface area contributed by atoms with Crippen molar-refractivity contribution < 1.29 is 14.2 Å². The van der Waals surface area contributed by atoms with Crippen LogP contribution in [0.3, 0.4) is 0 Å². The summed E-state index contributed by atoms with van der Waals surface area (Å²) in [5.41, 5.74) is 3.42. The fraction of sp³-hybridized carbons (Fsp3) is 0.522. The van der Waals surface area contributed by atoms with Crippen molar-refractivity contribution in [2.45, 2.75) is 51.9 Å². The van der Waals surface area contributed by atoms with Gasteiger partial charge in [-0.2, -0.15) is 5.10 Å². The number of hydrogen-bond acceptors (Lipinski definition) is 7. The van der Waals surface area contributed by atoms with Crippen molar-refractivity contribution in [1.82, 2.24) is 20.2 Å². The van der Waals surface area contributed by atoms with Gasteiger partial charge in [0.1, 0.15) is 29.7 Å². The molecule has 8 heteroatoms. The number of allylic oxidation sites excluding steroid dienone is 1. The zero-order valence-electron chi connectivity index (χ0n) is 18.5. The van der Waals surface area contributed by atoms with Crippen molar-refractivity contribution in [1.29, 1.82) is 0 Å². The van der Waals surface area contributed by atoms with E-state index in [2.05, 4.69) is 45.5 Å². The molecule has 2 saturated heterocycles. The van der Waals surface area contributed by atoms with Crippen molar-refractivity contribution >= 4 is 11.9 Å². The highest BCUT2D eigenvalue weighted by atomic mass is 16.5. The van der Waals surface area contributed by atoms with E-state index in [-0.39, 0.29) is 18.3 Å². The lowest BCUT2D eigenvalue weighted by Gasteiger charge is -2.36. The van der Waals surface area contributed by atoms with Crippen LogP contribution in [0, 0.1) is 6.92 Å². The Bertz CT molecular complexity index is 925. The Kier molecular flexibility index (Phi) is 6.67. The molecule has 0 aromatic carbocycles. The fourth-order valence-electron chi connectivity index (χ4n) is 4.09. The van der Waals surface area contributed by atoms with Crippen LogP contribution in [0.4, 0.5) is 5.82 Å². The first kappa shape index (κ1) is 21.5. The van der Waals surface area contributed by atoms with Crippen LogP contribution in [0.5, 0.6) is 0 Å². The first-order valence-electron chi connectivity index (χ1n) is 10.9. The lowest BCUT2D eigenvalue weighted by molar-refractivity contribution is -0.00547. The Balaban J connectivity index is 1.60. The summed E-state index contributed by atoms with van der Waals surface area (Å²) in [4.78, 5) is 11.2. The van der Waals surface area contributed by atoms with E-state index in [1.165, 1.54) is 0 Å². The maximum atomic E-state index is 6.17. The molecule has 4 heterocycles. The molecule has 2 aromatic heterocycles. The lowest BCUT2D eigenvalue weighted by atomic mass is 10.1. The van der Waals surface area contributed by atoms with Crippen LogP contribution in [-0.2, 0) is 14.2 Å². The molecule has 2 fully saturated rings. The molecule has 1 N–H and O–H groups in total. The largest absolute Gasteiger partial charge is 0.490 e. The highest BCUT2D eigenvalue weighted by Gasteiger charge is 2.24. The number of nitrogens with one attached hydrogen (secondary N) is 1. The van der Waals surface area contributed by atoms with Crippen molar-refractivity contribution in [2.24, 2.45) is 0 Å². The van der Waals surface area contributed by atoms with Crippen LogP contribution in [0.25, 0.3) is 17.5 Å². The average molecular weight is 426 g/mol. The van der Waals surface area contributed by atoms with Crippen molar-refractivity contribution in [3.05, 3.63) is 42.1 Å². The van der Waals surface area contributed by atoms with Crippen molar-refractivity contribution in [3.63, 3.8) is 0 Å². The third-order valence-electron chi connectivity index (χ3n) is 5.59. The highest BCUT2D eigenvalue weighted by molar-refractivity contribution is 5.73. The van der Waals surface area contributed by atoms with E-state index in [0.29, 0.717) is 0 Å². The fourth-order valence-corrected chi connectivity index (χ4v) is 4.09. The maximum absolute atomic E-state index is 6.17. The minimum Gasteiger partial charge on any atom is -0.490 e. The molecular formula is C23H31N5O3. The zero-order valence-corrected chi connectivity index (χ0v) is 18.5. The summed E-state index contributed by atoms with van der Waals surface area (Å²) >= 11 is 0. The average Bonchev–Trinajstić information content (AvgIpc) is 3.13. The summed E-state index contributed by atoms with van der Waals surface area (Å²) in [7, 11) is 0. The van der Waals surface area contributed by atoms with E-state index in [0.717, 1.165) is 73.4 Å². The standard InChI is InChI=1S/C23H31N5O3/c1-5-18(31-19-6-8-29-9-7-19)10-20-17(4)26-27-23(20)21-11-22(25-14-24-21)28-12-15(2)30-16(3)13-28/h5,10-11,14-16,19H,1,6-9,12-13H2,2-4H3,(H,26,27)/b18-10+/t15-,16+. The third-order valence-corrected chi connectivity index (χ3v) is 5.59. The number of H-pyrrole nitrogens is 1. The van der Waals surface area contributed by atoms with Crippen LogP contribution in [-0.4, -0.2) is 64.8 Å². The Hall–Kier alpha value is -2.71. The second kappa shape index (κ2) is 9.62. The van der Waals surface area contributed by atoms with E-state index in [9.17, 15) is 0 Å². The first-order valence-corrected chi connectivity index (χ1v) is 10.9. The van der Waals surface area contributed by atoms with Gasteiger partial charge in [0, 0.05) is 43.3 Å². The summed E-state index contributed by atoms with van der Waals surface area (Å²) in [6.45, 7) is 13.1. The number of aryl methyl sites for hydroxylation is 1. The molecule has 0 aliphatic carbocycles. The number of ether oxygens (including phenoxy) is 3. The Morgan fingerprint density at radius 2 is 1.97 bits per heavy atom. The Morgan fingerprint density at radius 3 is 2.68 bits per heavy atom. The molecule has 2 atom stereocenters. The van der Waals surface area contributed by atoms with Gasteiger partial charge in [0.2, 0.25) is 0 Å². The summed E-state index contributed by atoms with van der Waals surface area (Å²) in [5.74, 6) is 1.60. The van der Waals surface area contributed by atoms with Gasteiger partial charge in [0.05, 0.1) is 31.1 Å². The molecule has 31 heavy (non-hydrogen) atoms. The molecule has 2 aliphatic heterocycles. The molecule has 166 valence electrons. The highest BCUT2D eigenvalue weighted by Crippen LogP contribution is 2.28. The van der Waals surface area contributed by atoms with E-state index in [1.807, 2.05) is 19.1 Å². The summed E-state index contributed by atoms with van der Waals surface area (Å²) < 4.78 is 17.4. The second-order valence-corrected chi connectivity index (χ2v) is 8.22. The van der Waals surface area contributed by atoms with Crippen LogP contribution in [0.2, 0.25) is 0 Å². The van der Waals surface area contributed by atoms with Crippen molar-refractivity contribution in [3.8, 4) is 11.4 Å². The minimum absolute atomic E-state index is 0.143. The van der Waals surface area contributed by atoms with Gasteiger partial charge in [-0.3, -0.25) is 5.10 Å². The predicted octanol–water partition coefficient (Wildman–Crippen LogP) is 3.51. The number of nitrogens with zero attached hydrogens (tertiary/aromatic N) is 4. The SMILES string of the molecule is C=C/C(=C\c1c(-c2cc(N3C[C@@H](C)O[C@@H](C)C3)ncn2)n[nH]c1C)OC1CCOCC1. The van der Waals surface area contributed by atoms with Gasteiger partial charge in [0.15, 0.2) is 0 Å². The third kappa shape index (κ3) is 5.14. The van der Waals surface area contributed by atoms with Gasteiger partial charge in [-0.1, -0.05) is 6.58 Å². The minimum atomic E-state index is 0.143. The lowest BCUT2D eigenvalue weighted by Crippen LogP contribution is -2.45. The van der Waals surface area contributed by atoms with E-state index >= 15 is 0 Å². The summed E-state index contributed by atoms with van der Waals surface area (Å²) in [6.07, 6.45) is 7.55. The van der Waals surface area contributed by atoms with E-state index < -0.39 is 0 Å². The molecule has 4 rings (SSSR count). The molecule has 0 spiro atoms. The molecule has 0 saturated carbocycles. The number of aromatic amines is 1. The van der Waals surface area contributed by atoms with Crippen LogP contribution < -0.4 is 4.90 Å². The van der Waals surface area contributed by atoms with Gasteiger partial charge in [0.25, 0.3) is 0 Å². The molecular weight excluding hydrogens is 394 g/mol. The van der Waals surface area contributed by atoms with E-state index in [1.54, 1.807) is 12.4 Å². The number of anilines is 1. The van der Waals surface area contributed by atoms with Gasteiger partial charge in [-0.05, 0) is 32.9 Å². The van der Waals surface area contributed by atoms with Crippen LogP contribution in [0.15, 0.2) is 30.8 Å². The van der Waals surface area contributed by atoms with Gasteiger partial charge < -0.3 is 19.1 Å². The molecule has 0 radical (unpaired) electrons. The van der Waals surface area contributed by atoms with Gasteiger partial charge in [-0.25, -0.2) is 9.97 Å². The topological polar surface area (TPSA) is 85.4 Å². The number of rotatable bonds is 6. The van der Waals surface area contributed by atoms with Gasteiger partial charge in [-0.15, -0.1) is 0 Å². The van der Waals surface area contributed by atoms with Crippen LogP contribution in [0.1, 0.15) is 37.9 Å². The molecule has 0 bridgehead atoms. The van der Waals surface area contributed by atoms with Crippen LogP contribution >= 0.6 is 0 Å². The van der Waals surface area contributed by atoms with Gasteiger partial charge >= 0.3 is 0 Å². The normalized spacial score (nSPS) is 23.1. The second-order valence-electron chi connectivity index (χ2n) is 8.22. The molecule has 8 nitrogen and oxygen atoms in total. The quantitative estimate of drug-likeness (QED) is 0.560. The van der Waals surface area contributed by atoms with Crippen molar-refractivity contribution in [2.75, 3.05) is 31.2 Å². The molecule has 0 unspecified atom stereocenters.